The van der Waals surface area contributed by atoms with E-state index >= 15 is 0 Å². The summed E-state index contributed by atoms with van der Waals surface area (Å²) in [5.41, 5.74) is 4.42. The summed E-state index contributed by atoms with van der Waals surface area (Å²) in [5.74, 6) is 2.08. The van der Waals surface area contributed by atoms with Gasteiger partial charge in [0, 0.05) is 30.5 Å². The van der Waals surface area contributed by atoms with Crippen LogP contribution < -0.4 is 0 Å². The molecule has 0 N–H and O–H groups in total. The van der Waals surface area contributed by atoms with E-state index in [1.165, 1.54) is 48.6 Å². The van der Waals surface area contributed by atoms with Crippen molar-refractivity contribution in [3.63, 3.8) is 0 Å². The van der Waals surface area contributed by atoms with Crippen LogP contribution in [0.15, 0.2) is 47.9 Å². The van der Waals surface area contributed by atoms with E-state index in [4.69, 9.17) is 0 Å². The fourth-order valence-corrected chi connectivity index (χ4v) is 6.13. The molecule has 7 heteroatoms. The van der Waals surface area contributed by atoms with E-state index in [1.54, 1.807) is 12.4 Å². The van der Waals surface area contributed by atoms with Crippen LogP contribution in [0.4, 0.5) is 0 Å². The summed E-state index contributed by atoms with van der Waals surface area (Å²) in [5, 5.41) is 9.76. The Morgan fingerprint density at radius 1 is 1.00 bits per heavy atom. The lowest BCUT2D eigenvalue weighted by Crippen LogP contribution is -2.50. The molecule has 3 heterocycles. The van der Waals surface area contributed by atoms with Crippen molar-refractivity contribution in [2.75, 3.05) is 12.3 Å². The highest BCUT2D eigenvalue weighted by atomic mass is 32.2. The molecule has 2 atom stereocenters. The van der Waals surface area contributed by atoms with Gasteiger partial charge in [-0.25, -0.2) is 0 Å². The molecule has 172 valence electrons. The van der Waals surface area contributed by atoms with E-state index in [9.17, 15) is 4.79 Å². The van der Waals surface area contributed by atoms with Crippen LogP contribution in [-0.4, -0.2) is 48.9 Å². The zero-order chi connectivity index (χ0) is 22.8. The van der Waals surface area contributed by atoms with E-state index in [-0.39, 0.29) is 5.91 Å². The predicted octanol–water partition coefficient (Wildman–Crippen LogP) is 5.22. The molecule has 2 aromatic heterocycles. The molecule has 1 saturated heterocycles. The molecule has 0 radical (unpaired) electrons. The molecule has 0 bridgehead atoms. The fourth-order valence-electron chi connectivity index (χ4n) is 5.29. The van der Waals surface area contributed by atoms with Crippen LogP contribution in [0, 0.1) is 19.8 Å². The van der Waals surface area contributed by atoms with Gasteiger partial charge >= 0.3 is 0 Å². The first-order valence-electron chi connectivity index (χ1n) is 12.0. The van der Waals surface area contributed by atoms with Crippen molar-refractivity contribution in [2.45, 2.75) is 63.6 Å². The Hall–Kier alpha value is -2.67. The first-order valence-corrected chi connectivity index (χ1v) is 13.0. The normalized spacial score (nSPS) is 20.5. The molecular formula is C26H31N5OS. The van der Waals surface area contributed by atoms with Crippen molar-refractivity contribution in [1.29, 1.82) is 0 Å². The minimum Gasteiger partial charge on any atom is -0.339 e. The number of fused-ring (bicyclic) bond motifs is 1. The number of rotatable bonds is 5. The minimum absolute atomic E-state index is 0.233. The SMILES string of the molecule is Cc1ccc(-n2c(SCC(=O)N3CCC[C@@H]4CCCC[C@@H]43)nnc2-c2ccncc2)cc1C. The van der Waals surface area contributed by atoms with Crippen LogP contribution in [0.3, 0.4) is 0 Å². The average Bonchev–Trinajstić information content (AvgIpc) is 3.28. The summed E-state index contributed by atoms with van der Waals surface area (Å²) in [6.07, 6.45) is 10.9. The maximum absolute atomic E-state index is 13.3. The van der Waals surface area contributed by atoms with Crippen molar-refractivity contribution in [2.24, 2.45) is 5.92 Å². The summed E-state index contributed by atoms with van der Waals surface area (Å²) in [4.78, 5) is 19.6. The highest BCUT2D eigenvalue weighted by Crippen LogP contribution is 2.36. The lowest BCUT2D eigenvalue weighted by molar-refractivity contribution is -0.134. The zero-order valence-corrected chi connectivity index (χ0v) is 20.2. The first kappa shape index (κ1) is 22.1. The number of aromatic nitrogens is 4. The van der Waals surface area contributed by atoms with Gasteiger partial charge in [0.25, 0.3) is 0 Å². The van der Waals surface area contributed by atoms with Gasteiger partial charge in [0.2, 0.25) is 5.91 Å². The van der Waals surface area contributed by atoms with Crippen molar-refractivity contribution >= 4 is 17.7 Å². The molecule has 3 aromatic rings. The number of aryl methyl sites for hydroxylation is 2. The largest absolute Gasteiger partial charge is 0.339 e. The zero-order valence-electron chi connectivity index (χ0n) is 19.4. The van der Waals surface area contributed by atoms with E-state index in [2.05, 4.69) is 56.7 Å². The maximum Gasteiger partial charge on any atom is 0.233 e. The predicted molar refractivity (Wildman–Crippen MR) is 131 cm³/mol. The monoisotopic (exact) mass is 461 g/mol. The van der Waals surface area contributed by atoms with Gasteiger partial charge in [-0.15, -0.1) is 10.2 Å². The number of hydrogen-bond donors (Lipinski definition) is 0. The smallest absolute Gasteiger partial charge is 0.233 e. The summed E-state index contributed by atoms with van der Waals surface area (Å²) in [6.45, 7) is 5.12. The lowest BCUT2D eigenvalue weighted by Gasteiger charge is -2.44. The van der Waals surface area contributed by atoms with E-state index < -0.39 is 0 Å². The Bertz CT molecular complexity index is 1130. The number of amides is 1. The third kappa shape index (κ3) is 4.56. The number of likely N-dealkylation sites (tertiary alicyclic amines) is 1. The van der Waals surface area contributed by atoms with E-state index in [0.717, 1.165) is 41.6 Å². The number of carbonyl (C=O) groups is 1. The maximum atomic E-state index is 13.3. The Morgan fingerprint density at radius 3 is 2.61 bits per heavy atom. The van der Waals surface area contributed by atoms with Gasteiger partial charge in [-0.1, -0.05) is 30.7 Å². The quantitative estimate of drug-likeness (QED) is 0.488. The van der Waals surface area contributed by atoms with Gasteiger partial charge in [0.1, 0.15) is 0 Å². The molecule has 1 aromatic carbocycles. The highest BCUT2D eigenvalue weighted by Gasteiger charge is 2.35. The van der Waals surface area contributed by atoms with Crippen LogP contribution in [-0.2, 0) is 4.79 Å². The molecule has 1 aliphatic heterocycles. The Morgan fingerprint density at radius 2 is 1.79 bits per heavy atom. The van der Waals surface area contributed by atoms with E-state index in [0.29, 0.717) is 17.7 Å². The molecule has 6 nitrogen and oxygen atoms in total. The molecule has 0 spiro atoms. The molecule has 33 heavy (non-hydrogen) atoms. The third-order valence-electron chi connectivity index (χ3n) is 7.21. The molecule has 1 saturated carbocycles. The number of hydrogen-bond acceptors (Lipinski definition) is 5. The Balaban J connectivity index is 1.41. The summed E-state index contributed by atoms with van der Waals surface area (Å²) in [7, 11) is 0. The Labute approximate surface area is 199 Å². The van der Waals surface area contributed by atoms with Gasteiger partial charge in [-0.05, 0) is 80.8 Å². The topological polar surface area (TPSA) is 63.9 Å². The average molecular weight is 462 g/mol. The van der Waals surface area contributed by atoms with Crippen molar-refractivity contribution in [3.05, 3.63) is 53.9 Å². The number of piperidine rings is 1. The summed E-state index contributed by atoms with van der Waals surface area (Å²) < 4.78 is 2.07. The lowest BCUT2D eigenvalue weighted by atomic mass is 9.78. The number of carbonyl (C=O) groups excluding carboxylic acids is 1. The second-order valence-corrected chi connectivity index (χ2v) is 10.2. The number of nitrogens with zero attached hydrogens (tertiary/aromatic N) is 5. The second-order valence-electron chi connectivity index (χ2n) is 9.28. The molecule has 1 aliphatic carbocycles. The summed E-state index contributed by atoms with van der Waals surface area (Å²) >= 11 is 1.49. The highest BCUT2D eigenvalue weighted by molar-refractivity contribution is 7.99. The van der Waals surface area contributed by atoms with Crippen LogP contribution in [0.5, 0.6) is 0 Å². The molecule has 0 unspecified atom stereocenters. The number of benzene rings is 1. The standard InChI is InChI=1S/C26H31N5OS/c1-18-9-10-22(16-19(18)2)31-25(21-11-13-27-14-12-21)28-29-26(31)33-17-24(32)30-15-5-7-20-6-3-4-8-23(20)30/h9-14,16,20,23H,3-8,15,17H2,1-2H3/t20-,23-/m0/s1. The van der Waals surface area contributed by atoms with Gasteiger partial charge in [0.05, 0.1) is 11.4 Å². The fraction of sp³-hybridized carbons (Fsp3) is 0.462. The molecule has 1 amide bonds. The molecule has 2 aliphatic rings. The molecule has 5 rings (SSSR count). The van der Waals surface area contributed by atoms with Gasteiger partial charge < -0.3 is 4.90 Å². The van der Waals surface area contributed by atoms with Gasteiger partial charge in [-0.2, -0.15) is 0 Å². The van der Waals surface area contributed by atoms with Gasteiger partial charge in [0.15, 0.2) is 11.0 Å². The molecular weight excluding hydrogens is 430 g/mol. The second kappa shape index (κ2) is 9.67. The summed E-state index contributed by atoms with van der Waals surface area (Å²) in [6, 6.07) is 10.7. The van der Waals surface area contributed by atoms with Crippen LogP contribution in [0.25, 0.3) is 17.1 Å². The third-order valence-corrected chi connectivity index (χ3v) is 8.12. The van der Waals surface area contributed by atoms with Crippen LogP contribution in [0.1, 0.15) is 49.7 Å². The van der Waals surface area contributed by atoms with Crippen LogP contribution in [0.2, 0.25) is 0 Å². The van der Waals surface area contributed by atoms with Gasteiger partial charge in [-0.3, -0.25) is 14.3 Å². The van der Waals surface area contributed by atoms with Crippen LogP contribution >= 0.6 is 11.8 Å². The van der Waals surface area contributed by atoms with E-state index in [1.807, 2.05) is 12.1 Å². The van der Waals surface area contributed by atoms with Crippen molar-refractivity contribution in [1.82, 2.24) is 24.6 Å². The molecule has 2 fully saturated rings. The first-order chi connectivity index (χ1) is 16.1. The Kier molecular flexibility index (Phi) is 6.49. The number of pyridine rings is 1. The van der Waals surface area contributed by atoms with Crippen molar-refractivity contribution < 1.29 is 4.79 Å². The minimum atomic E-state index is 0.233. The van der Waals surface area contributed by atoms with Crippen molar-refractivity contribution in [3.8, 4) is 17.1 Å². The number of thioether (sulfide) groups is 1.